The van der Waals surface area contributed by atoms with Gasteiger partial charge in [-0.25, -0.2) is 0 Å². The van der Waals surface area contributed by atoms with Gasteiger partial charge in [0.05, 0.1) is 0 Å². The minimum Gasteiger partial charge on any atom is -0.343 e. The van der Waals surface area contributed by atoms with Crippen molar-refractivity contribution in [3.63, 3.8) is 0 Å². The lowest BCUT2D eigenvalue weighted by molar-refractivity contribution is -0.132. The number of hydrogen-bond donors (Lipinski definition) is 0. The van der Waals surface area contributed by atoms with Crippen LogP contribution >= 0.6 is 0 Å². The first kappa shape index (κ1) is 30.5. The number of hydrogen-bond acceptors (Lipinski definition) is 1. The van der Waals surface area contributed by atoms with Crippen LogP contribution in [0, 0.1) is 47.3 Å². The predicted octanol–water partition coefficient (Wildman–Crippen LogP) is 9.23. The smallest absolute Gasteiger partial charge is 0.219 e. The second kappa shape index (κ2) is 15.5. The first-order chi connectivity index (χ1) is 15.4. The van der Waals surface area contributed by atoms with Gasteiger partial charge in [-0.1, -0.05) is 113 Å². The minimum atomic E-state index is 0.196. The maximum absolute atomic E-state index is 11.0. The van der Waals surface area contributed by atoms with Gasteiger partial charge in [0.1, 0.15) is 0 Å². The normalized spacial score (nSPS) is 24.8. The number of carbonyl (C=O) groups is 1. The molecule has 0 N–H and O–H groups in total. The second-order valence-corrected chi connectivity index (χ2v) is 13.1. The Bertz CT molecular complexity index is 462. The molecule has 0 spiro atoms. The molecule has 4 saturated carbocycles. The third-order valence-electron chi connectivity index (χ3n) is 9.41. The summed E-state index contributed by atoms with van der Waals surface area (Å²) in [5.41, 5.74) is 0. The van der Waals surface area contributed by atoms with Gasteiger partial charge < -0.3 is 4.90 Å². The van der Waals surface area contributed by atoms with Crippen LogP contribution < -0.4 is 0 Å². The molecular formula is C31H61NO. The summed E-state index contributed by atoms with van der Waals surface area (Å²) in [6, 6.07) is 0.523. The van der Waals surface area contributed by atoms with Crippen LogP contribution in [0.5, 0.6) is 0 Å². The summed E-state index contributed by atoms with van der Waals surface area (Å²) in [5.74, 6) is 7.93. The topological polar surface area (TPSA) is 20.3 Å². The Hall–Kier alpha value is -0.530. The highest BCUT2D eigenvalue weighted by Gasteiger charge is 2.34. The van der Waals surface area contributed by atoms with E-state index in [9.17, 15) is 4.79 Å². The van der Waals surface area contributed by atoms with Crippen molar-refractivity contribution in [3.8, 4) is 0 Å². The van der Waals surface area contributed by atoms with Crippen LogP contribution in [0.3, 0.4) is 0 Å². The van der Waals surface area contributed by atoms with Crippen LogP contribution in [0.2, 0.25) is 0 Å². The van der Waals surface area contributed by atoms with Gasteiger partial charge in [0.2, 0.25) is 5.91 Å². The Balaban J connectivity index is 0.000000228. The molecule has 0 bridgehead atoms. The molecule has 4 aliphatic rings. The molecule has 0 aromatic carbocycles. The average Bonchev–Trinajstić information content (AvgIpc) is 2.47. The molecule has 4 rings (SSSR count). The number of amides is 1. The zero-order chi connectivity index (χ0) is 25.1. The van der Waals surface area contributed by atoms with Crippen LogP contribution in [0.1, 0.15) is 133 Å². The fraction of sp³-hybridized carbons (Fsp3) is 0.968. The molecular weight excluding hydrogens is 402 g/mol. The van der Waals surface area contributed by atoms with Crippen molar-refractivity contribution < 1.29 is 4.79 Å². The lowest BCUT2D eigenvalue weighted by Crippen LogP contribution is -2.46. The first-order valence-corrected chi connectivity index (χ1v) is 14.7. The fourth-order valence-electron chi connectivity index (χ4n) is 5.07. The van der Waals surface area contributed by atoms with Gasteiger partial charge in [-0.15, -0.1) is 0 Å². The molecule has 0 aromatic heterocycles. The second-order valence-electron chi connectivity index (χ2n) is 13.1. The molecule has 33 heavy (non-hydrogen) atoms. The van der Waals surface area contributed by atoms with Crippen molar-refractivity contribution in [2.75, 3.05) is 7.05 Å². The Labute approximate surface area is 209 Å². The van der Waals surface area contributed by atoms with Crippen LogP contribution in [0.4, 0.5) is 0 Å². The zero-order valence-corrected chi connectivity index (χ0v) is 24.3. The van der Waals surface area contributed by atoms with E-state index in [0.717, 1.165) is 47.3 Å². The molecule has 0 radical (unpaired) electrons. The minimum absolute atomic E-state index is 0.196. The van der Waals surface area contributed by atoms with Crippen LogP contribution in [0.25, 0.3) is 0 Å². The molecule has 0 aromatic rings. The van der Waals surface area contributed by atoms with E-state index in [1.54, 1.807) is 6.92 Å². The molecule has 0 aliphatic heterocycles. The van der Waals surface area contributed by atoms with Gasteiger partial charge in [0.15, 0.2) is 0 Å². The molecule has 4 fully saturated rings. The Kier molecular flexibility index (Phi) is 14.3. The van der Waals surface area contributed by atoms with E-state index in [0.29, 0.717) is 6.04 Å². The highest BCUT2D eigenvalue weighted by Crippen LogP contribution is 2.36. The lowest BCUT2D eigenvalue weighted by atomic mass is 9.73. The Morgan fingerprint density at radius 2 is 0.848 bits per heavy atom. The summed E-state index contributed by atoms with van der Waals surface area (Å²) >= 11 is 0. The van der Waals surface area contributed by atoms with Gasteiger partial charge in [-0.05, 0) is 60.2 Å². The summed E-state index contributed by atoms with van der Waals surface area (Å²) in [4.78, 5) is 12.9. The van der Waals surface area contributed by atoms with Gasteiger partial charge in [-0.3, -0.25) is 4.79 Å². The molecule has 4 aliphatic carbocycles. The Morgan fingerprint density at radius 1 is 0.576 bits per heavy atom. The van der Waals surface area contributed by atoms with Crippen molar-refractivity contribution in [1.29, 1.82) is 0 Å². The number of carbonyl (C=O) groups excluding carboxylic acids is 1. The van der Waals surface area contributed by atoms with E-state index in [1.807, 2.05) is 11.9 Å². The van der Waals surface area contributed by atoms with E-state index in [1.165, 1.54) is 70.6 Å². The van der Waals surface area contributed by atoms with E-state index in [2.05, 4.69) is 55.4 Å². The average molecular weight is 464 g/mol. The highest BCUT2D eigenvalue weighted by molar-refractivity contribution is 5.73. The summed E-state index contributed by atoms with van der Waals surface area (Å²) in [5, 5.41) is 0. The Morgan fingerprint density at radius 3 is 0.970 bits per heavy atom. The van der Waals surface area contributed by atoms with Crippen molar-refractivity contribution in [2.45, 2.75) is 139 Å². The van der Waals surface area contributed by atoms with Crippen molar-refractivity contribution in [2.24, 2.45) is 47.3 Å². The summed E-state index contributed by atoms with van der Waals surface area (Å²) < 4.78 is 0. The molecule has 2 heteroatoms. The maximum Gasteiger partial charge on any atom is 0.219 e. The molecule has 2 nitrogen and oxygen atoms in total. The molecule has 196 valence electrons. The van der Waals surface area contributed by atoms with Crippen LogP contribution in [0.15, 0.2) is 0 Å². The maximum atomic E-state index is 11.0. The molecule has 1 amide bonds. The van der Waals surface area contributed by atoms with Gasteiger partial charge in [0, 0.05) is 20.0 Å². The van der Waals surface area contributed by atoms with Gasteiger partial charge >= 0.3 is 0 Å². The quantitative estimate of drug-likeness (QED) is 0.398. The third kappa shape index (κ3) is 11.2. The summed E-state index contributed by atoms with van der Waals surface area (Å²) in [6.45, 7) is 20.1. The van der Waals surface area contributed by atoms with E-state index in [4.69, 9.17) is 0 Å². The molecule has 0 saturated heterocycles. The van der Waals surface area contributed by atoms with Crippen molar-refractivity contribution in [3.05, 3.63) is 0 Å². The monoisotopic (exact) mass is 463 g/mol. The van der Waals surface area contributed by atoms with E-state index >= 15 is 0 Å². The largest absolute Gasteiger partial charge is 0.343 e. The number of rotatable bonds is 5. The first-order valence-electron chi connectivity index (χ1n) is 14.7. The summed E-state index contributed by atoms with van der Waals surface area (Å²) in [6.07, 6.45) is 15.9. The molecule has 0 atom stereocenters. The predicted molar refractivity (Wildman–Crippen MR) is 146 cm³/mol. The van der Waals surface area contributed by atoms with Crippen molar-refractivity contribution >= 4 is 5.91 Å². The molecule has 0 heterocycles. The van der Waals surface area contributed by atoms with Gasteiger partial charge in [-0.2, -0.15) is 0 Å². The summed E-state index contributed by atoms with van der Waals surface area (Å²) in [7, 11) is 1.91. The number of nitrogens with zero attached hydrogens (tertiary/aromatic N) is 1. The van der Waals surface area contributed by atoms with Gasteiger partial charge in [0.25, 0.3) is 0 Å². The van der Waals surface area contributed by atoms with Crippen LogP contribution in [-0.2, 0) is 4.79 Å². The van der Waals surface area contributed by atoms with E-state index in [-0.39, 0.29) is 5.91 Å². The highest BCUT2D eigenvalue weighted by atomic mass is 16.2. The lowest BCUT2D eigenvalue weighted by Gasteiger charge is -2.42. The molecule has 0 unspecified atom stereocenters. The van der Waals surface area contributed by atoms with E-state index < -0.39 is 0 Å². The van der Waals surface area contributed by atoms with Crippen LogP contribution in [-0.4, -0.2) is 23.9 Å². The zero-order valence-electron chi connectivity index (χ0n) is 24.3. The SMILES string of the molecule is CC(=O)N(C)C1CC(C(C)C)C1.CC(C)C1CCC1.CC(C)C1CCC1.CC(C)C1CCC1. The third-order valence-corrected chi connectivity index (χ3v) is 9.41. The van der Waals surface area contributed by atoms with Crippen molar-refractivity contribution in [1.82, 2.24) is 4.90 Å². The fourth-order valence-corrected chi connectivity index (χ4v) is 5.07. The standard InChI is InChI=1S/C10H19NO.3C7H14/c1-7(2)9-5-10(6-9)11(4)8(3)12;3*1-6(2)7-4-3-5-7/h7,9-10H,5-6H2,1-4H3;3*6-7H,3-5H2,1-2H3.